The number of benzene rings is 2. The molecule has 3 N–H and O–H groups in total. The van der Waals surface area contributed by atoms with E-state index in [0.717, 1.165) is 42.6 Å². The SMILES string of the molecule is COCCNC(=O)[C@@H]1C[C@@H]2CCCC[C@@H]2N1c1cc([C@H](C)NC(=O)c2ccc(-c3ccc(NC(=O)OC(C)(C)C)cc3)cc2)nc(C)n1. The van der Waals surface area contributed by atoms with E-state index >= 15 is 0 Å². The highest BCUT2D eigenvalue weighted by atomic mass is 16.6. The predicted octanol–water partition coefficient (Wildman–Crippen LogP) is 6.19. The second kappa shape index (κ2) is 15.1. The lowest BCUT2D eigenvalue weighted by Gasteiger charge is -2.35. The molecule has 1 saturated heterocycles. The molecule has 2 fully saturated rings. The minimum atomic E-state index is -0.577. The molecular weight excluding hydrogens is 608 g/mol. The number of nitrogens with one attached hydrogen (secondary N) is 3. The van der Waals surface area contributed by atoms with Crippen molar-refractivity contribution in [1.29, 1.82) is 0 Å². The van der Waals surface area contributed by atoms with Crippen molar-refractivity contribution >= 4 is 29.4 Å². The number of rotatable bonds is 10. The van der Waals surface area contributed by atoms with Crippen LogP contribution in [0.4, 0.5) is 16.3 Å². The van der Waals surface area contributed by atoms with Crippen LogP contribution in [0.25, 0.3) is 11.1 Å². The molecule has 0 radical (unpaired) electrons. The Hall–Kier alpha value is -4.51. The summed E-state index contributed by atoms with van der Waals surface area (Å²) in [5.74, 6) is 1.56. The quantitative estimate of drug-likeness (QED) is 0.220. The van der Waals surface area contributed by atoms with Crippen LogP contribution >= 0.6 is 0 Å². The van der Waals surface area contributed by atoms with Gasteiger partial charge < -0.3 is 25.0 Å². The van der Waals surface area contributed by atoms with E-state index in [9.17, 15) is 14.4 Å². The van der Waals surface area contributed by atoms with Crippen molar-refractivity contribution in [2.45, 2.75) is 90.4 Å². The first kappa shape index (κ1) is 34.8. The van der Waals surface area contributed by atoms with Gasteiger partial charge in [-0.15, -0.1) is 0 Å². The molecule has 2 aromatic carbocycles. The Balaban J connectivity index is 1.26. The van der Waals surface area contributed by atoms with Gasteiger partial charge in [-0.1, -0.05) is 37.1 Å². The number of hydrogen-bond donors (Lipinski definition) is 3. The van der Waals surface area contributed by atoms with Gasteiger partial charge in [-0.05, 0) is 95.2 Å². The zero-order valence-corrected chi connectivity index (χ0v) is 28.8. The molecule has 3 aromatic rings. The molecule has 5 rings (SSSR count). The molecule has 1 aromatic heterocycles. The van der Waals surface area contributed by atoms with E-state index in [1.165, 1.54) is 6.42 Å². The highest BCUT2D eigenvalue weighted by molar-refractivity contribution is 5.95. The summed E-state index contributed by atoms with van der Waals surface area (Å²) in [6.45, 7) is 10.1. The summed E-state index contributed by atoms with van der Waals surface area (Å²) in [4.78, 5) is 50.4. The largest absolute Gasteiger partial charge is 0.444 e. The number of carbonyl (C=O) groups excluding carboxylic acids is 3. The van der Waals surface area contributed by atoms with Crippen molar-refractivity contribution in [1.82, 2.24) is 20.6 Å². The third kappa shape index (κ3) is 8.69. The summed E-state index contributed by atoms with van der Waals surface area (Å²) in [7, 11) is 1.62. The fraction of sp³-hybridized carbons (Fsp3) is 0.486. The maximum absolute atomic E-state index is 13.3. The monoisotopic (exact) mass is 656 g/mol. The number of amides is 3. The van der Waals surface area contributed by atoms with Crippen LogP contribution in [-0.2, 0) is 14.3 Å². The van der Waals surface area contributed by atoms with Crippen LogP contribution < -0.4 is 20.9 Å². The molecule has 2 aliphatic rings. The first-order valence-corrected chi connectivity index (χ1v) is 16.8. The van der Waals surface area contributed by atoms with E-state index in [-0.39, 0.29) is 29.9 Å². The van der Waals surface area contributed by atoms with Crippen LogP contribution in [-0.4, -0.2) is 65.8 Å². The van der Waals surface area contributed by atoms with Crippen LogP contribution in [0.5, 0.6) is 0 Å². The number of hydrogen-bond acceptors (Lipinski definition) is 8. The third-order valence-electron chi connectivity index (χ3n) is 8.91. The number of nitrogens with zero attached hydrogens (tertiary/aromatic N) is 3. The zero-order valence-electron chi connectivity index (χ0n) is 28.8. The number of fused-ring (bicyclic) bond motifs is 1. The summed E-state index contributed by atoms with van der Waals surface area (Å²) in [6, 6.07) is 16.3. The average molecular weight is 657 g/mol. The zero-order chi connectivity index (χ0) is 34.4. The van der Waals surface area contributed by atoms with Crippen LogP contribution in [0.2, 0.25) is 0 Å². The molecule has 1 aliphatic carbocycles. The molecule has 48 heavy (non-hydrogen) atoms. The number of aromatic nitrogens is 2. The van der Waals surface area contributed by atoms with Gasteiger partial charge in [0.1, 0.15) is 23.3 Å². The second-order valence-corrected chi connectivity index (χ2v) is 13.7. The van der Waals surface area contributed by atoms with Gasteiger partial charge in [0.05, 0.1) is 18.3 Å². The molecule has 3 amide bonds. The maximum Gasteiger partial charge on any atom is 0.412 e. The number of ether oxygens (including phenoxy) is 2. The second-order valence-electron chi connectivity index (χ2n) is 13.7. The summed E-state index contributed by atoms with van der Waals surface area (Å²) >= 11 is 0. The molecule has 1 aliphatic heterocycles. The van der Waals surface area contributed by atoms with Gasteiger partial charge in [0, 0.05) is 37.0 Å². The smallest absolute Gasteiger partial charge is 0.412 e. The highest BCUT2D eigenvalue weighted by Gasteiger charge is 2.46. The van der Waals surface area contributed by atoms with Crippen molar-refractivity contribution in [3.8, 4) is 11.1 Å². The highest BCUT2D eigenvalue weighted by Crippen LogP contribution is 2.42. The van der Waals surface area contributed by atoms with E-state index in [0.29, 0.717) is 41.8 Å². The summed E-state index contributed by atoms with van der Waals surface area (Å²) in [5, 5.41) is 8.86. The minimum Gasteiger partial charge on any atom is -0.444 e. The van der Waals surface area contributed by atoms with Gasteiger partial charge in [0.25, 0.3) is 5.91 Å². The van der Waals surface area contributed by atoms with E-state index in [2.05, 4.69) is 25.8 Å². The van der Waals surface area contributed by atoms with Crippen LogP contribution in [0, 0.1) is 12.8 Å². The Labute approximate surface area is 283 Å². The number of aryl methyl sites for hydroxylation is 1. The van der Waals surface area contributed by atoms with Gasteiger partial charge in [-0.3, -0.25) is 14.9 Å². The molecule has 0 spiro atoms. The summed E-state index contributed by atoms with van der Waals surface area (Å²) < 4.78 is 10.4. The third-order valence-corrected chi connectivity index (χ3v) is 8.91. The first-order valence-electron chi connectivity index (χ1n) is 16.8. The van der Waals surface area contributed by atoms with Gasteiger partial charge in [0.2, 0.25) is 5.91 Å². The molecule has 0 bridgehead atoms. The Morgan fingerprint density at radius 2 is 1.65 bits per heavy atom. The van der Waals surface area contributed by atoms with Gasteiger partial charge in [-0.25, -0.2) is 14.8 Å². The van der Waals surface area contributed by atoms with Crippen LogP contribution in [0.1, 0.15) is 87.7 Å². The fourth-order valence-electron chi connectivity index (χ4n) is 6.68. The van der Waals surface area contributed by atoms with E-state index in [1.54, 1.807) is 19.2 Å². The van der Waals surface area contributed by atoms with Crippen molar-refractivity contribution < 1.29 is 23.9 Å². The fourth-order valence-corrected chi connectivity index (χ4v) is 6.68. The number of carbonyl (C=O) groups is 3. The van der Waals surface area contributed by atoms with E-state index < -0.39 is 11.7 Å². The average Bonchev–Trinajstić information content (AvgIpc) is 3.44. The summed E-state index contributed by atoms with van der Waals surface area (Å²) in [6.07, 6.45) is 4.76. The van der Waals surface area contributed by atoms with Crippen molar-refractivity contribution in [2.75, 3.05) is 30.5 Å². The lowest BCUT2D eigenvalue weighted by Crippen LogP contribution is -2.48. The molecule has 11 nitrogen and oxygen atoms in total. The number of anilines is 2. The molecule has 1 saturated carbocycles. The molecule has 4 atom stereocenters. The molecule has 0 unspecified atom stereocenters. The van der Waals surface area contributed by atoms with E-state index in [4.69, 9.17) is 14.5 Å². The van der Waals surface area contributed by atoms with Crippen LogP contribution in [0.3, 0.4) is 0 Å². The Morgan fingerprint density at radius 1 is 0.979 bits per heavy atom. The van der Waals surface area contributed by atoms with Crippen LogP contribution in [0.15, 0.2) is 54.6 Å². The maximum atomic E-state index is 13.3. The number of methoxy groups -OCH3 is 1. The Bertz CT molecular complexity index is 1590. The standard InChI is InChI=1S/C37H48N6O5/c1-23(39-34(44)27-13-11-25(12-14-27)26-15-17-29(18-16-26)42-36(46)48-37(3,4)5)30-22-33(41-24(2)40-30)43-31-10-8-7-9-28(31)21-32(43)35(45)38-19-20-47-6/h11-18,22-23,28,31-32H,7-10,19-21H2,1-6H3,(H,38,45)(H,39,44)(H,42,46)/t23-,28-,31-,32-/m0/s1. The Morgan fingerprint density at radius 3 is 2.31 bits per heavy atom. The van der Waals surface area contributed by atoms with Crippen molar-refractivity contribution in [3.05, 3.63) is 71.7 Å². The normalized spacial score (nSPS) is 19.6. The molecular formula is C37H48N6O5. The van der Waals surface area contributed by atoms with Crippen molar-refractivity contribution in [3.63, 3.8) is 0 Å². The molecule has 11 heteroatoms. The Kier molecular flexibility index (Phi) is 11.0. The predicted molar refractivity (Wildman–Crippen MR) is 186 cm³/mol. The summed E-state index contributed by atoms with van der Waals surface area (Å²) in [5.41, 5.74) is 3.16. The van der Waals surface area contributed by atoms with E-state index in [1.807, 2.05) is 77.1 Å². The lowest BCUT2D eigenvalue weighted by molar-refractivity contribution is -0.122. The lowest BCUT2D eigenvalue weighted by atomic mass is 9.84. The van der Waals surface area contributed by atoms with Crippen molar-refractivity contribution in [2.24, 2.45) is 5.92 Å². The molecule has 256 valence electrons. The van der Waals surface area contributed by atoms with Gasteiger partial charge in [-0.2, -0.15) is 0 Å². The first-order chi connectivity index (χ1) is 22.9. The van der Waals surface area contributed by atoms with Gasteiger partial charge >= 0.3 is 6.09 Å². The molecule has 2 heterocycles. The van der Waals surface area contributed by atoms with Gasteiger partial charge in [0.15, 0.2) is 0 Å². The minimum absolute atomic E-state index is 0.00234. The topological polar surface area (TPSA) is 135 Å².